The van der Waals surface area contributed by atoms with Crippen LogP contribution >= 0.6 is 0 Å². The van der Waals surface area contributed by atoms with Gasteiger partial charge in [0, 0.05) is 11.1 Å². The first-order valence-corrected chi connectivity index (χ1v) is 13.1. The van der Waals surface area contributed by atoms with E-state index in [0.29, 0.717) is 5.71 Å². The van der Waals surface area contributed by atoms with E-state index in [9.17, 15) is 9.59 Å². The van der Waals surface area contributed by atoms with Crippen molar-refractivity contribution in [2.45, 2.75) is 64.8 Å². The van der Waals surface area contributed by atoms with E-state index >= 15 is 0 Å². The van der Waals surface area contributed by atoms with Crippen molar-refractivity contribution in [3.63, 3.8) is 0 Å². The summed E-state index contributed by atoms with van der Waals surface area (Å²) in [6.45, 7) is 10.8. The molecule has 0 aliphatic rings. The van der Waals surface area contributed by atoms with Gasteiger partial charge in [-0.1, -0.05) is 103 Å². The fraction of sp³-hybridized carbons (Fsp3) is 0.303. The molecule has 6 heteroatoms. The lowest BCUT2D eigenvalue weighted by atomic mass is 10.00. The number of alkyl carbamates (subject to hydrolysis) is 1. The minimum atomic E-state index is -1.10. The van der Waals surface area contributed by atoms with E-state index < -0.39 is 35.3 Å². The number of esters is 1. The Morgan fingerprint density at radius 1 is 0.718 bits per heavy atom. The van der Waals surface area contributed by atoms with E-state index in [-0.39, 0.29) is 0 Å². The highest BCUT2D eigenvalue weighted by atomic mass is 16.6. The number of nitrogens with one attached hydrogen (secondary N) is 1. The molecule has 3 rings (SSSR count). The van der Waals surface area contributed by atoms with Gasteiger partial charge < -0.3 is 14.8 Å². The summed E-state index contributed by atoms with van der Waals surface area (Å²) >= 11 is 0. The van der Waals surface area contributed by atoms with E-state index in [0.717, 1.165) is 16.7 Å². The SMILES string of the molecule is CC(C)(C)OC(=O)N[C@H](C=Cc1ccccc1)[C@H](N=C(c1ccccc1)c1ccccc1)C(=O)OC(C)(C)C. The van der Waals surface area contributed by atoms with Crippen LogP contribution in [0.25, 0.3) is 6.08 Å². The normalized spacial score (nSPS) is 13.3. The maximum Gasteiger partial charge on any atom is 0.408 e. The molecule has 3 aromatic rings. The van der Waals surface area contributed by atoms with Crippen LogP contribution in [0.4, 0.5) is 4.79 Å². The second kappa shape index (κ2) is 13.1. The summed E-state index contributed by atoms with van der Waals surface area (Å²) in [6, 6.07) is 26.9. The van der Waals surface area contributed by atoms with Crippen LogP contribution in [-0.2, 0) is 14.3 Å². The molecule has 2 atom stereocenters. The van der Waals surface area contributed by atoms with E-state index in [1.807, 2.05) is 97.1 Å². The Morgan fingerprint density at radius 2 is 1.18 bits per heavy atom. The molecule has 1 amide bonds. The van der Waals surface area contributed by atoms with Gasteiger partial charge in [0.1, 0.15) is 11.2 Å². The monoisotopic (exact) mass is 526 g/mol. The van der Waals surface area contributed by atoms with Crippen LogP contribution in [0.15, 0.2) is 102 Å². The number of carbonyl (C=O) groups is 2. The van der Waals surface area contributed by atoms with E-state index in [2.05, 4.69) is 5.32 Å². The number of nitrogens with zero attached hydrogens (tertiary/aromatic N) is 1. The van der Waals surface area contributed by atoms with E-state index in [1.165, 1.54) is 0 Å². The third-order valence-electron chi connectivity index (χ3n) is 5.33. The molecule has 0 saturated heterocycles. The van der Waals surface area contributed by atoms with Crippen LogP contribution in [-0.4, -0.2) is 41.1 Å². The highest BCUT2D eigenvalue weighted by Crippen LogP contribution is 2.19. The second-order valence-corrected chi connectivity index (χ2v) is 11.1. The molecule has 204 valence electrons. The van der Waals surface area contributed by atoms with Crippen molar-refractivity contribution in [1.82, 2.24) is 5.32 Å². The van der Waals surface area contributed by atoms with Crippen LogP contribution in [0.1, 0.15) is 58.2 Å². The first-order valence-electron chi connectivity index (χ1n) is 13.1. The molecule has 0 saturated carbocycles. The molecule has 39 heavy (non-hydrogen) atoms. The third kappa shape index (κ3) is 9.89. The Bertz CT molecular complexity index is 1230. The van der Waals surface area contributed by atoms with Crippen molar-refractivity contribution in [2.24, 2.45) is 4.99 Å². The van der Waals surface area contributed by atoms with Crippen molar-refractivity contribution in [3.8, 4) is 0 Å². The molecule has 1 N–H and O–H groups in total. The number of hydrogen-bond donors (Lipinski definition) is 1. The van der Waals surface area contributed by atoms with Crippen LogP contribution in [0.5, 0.6) is 0 Å². The fourth-order valence-corrected chi connectivity index (χ4v) is 3.74. The van der Waals surface area contributed by atoms with Crippen molar-refractivity contribution >= 4 is 23.9 Å². The molecular formula is C33H38N2O4. The van der Waals surface area contributed by atoms with Crippen molar-refractivity contribution < 1.29 is 19.1 Å². The molecule has 0 spiro atoms. The van der Waals surface area contributed by atoms with E-state index in [4.69, 9.17) is 14.5 Å². The zero-order valence-corrected chi connectivity index (χ0v) is 23.5. The Hall–Kier alpha value is -4.19. The van der Waals surface area contributed by atoms with E-state index in [1.54, 1.807) is 47.6 Å². The van der Waals surface area contributed by atoms with Crippen molar-refractivity contribution in [3.05, 3.63) is 114 Å². The highest BCUT2D eigenvalue weighted by Gasteiger charge is 2.34. The number of benzene rings is 3. The summed E-state index contributed by atoms with van der Waals surface area (Å²) in [5.74, 6) is -0.564. The van der Waals surface area contributed by atoms with Crippen LogP contribution in [0.2, 0.25) is 0 Å². The maximum absolute atomic E-state index is 13.7. The summed E-state index contributed by atoms with van der Waals surface area (Å²) in [7, 11) is 0. The fourth-order valence-electron chi connectivity index (χ4n) is 3.74. The summed E-state index contributed by atoms with van der Waals surface area (Å²) in [5.41, 5.74) is 1.70. The molecule has 0 aromatic heterocycles. The number of amides is 1. The molecule has 0 radical (unpaired) electrons. The maximum atomic E-state index is 13.7. The number of hydrogen-bond acceptors (Lipinski definition) is 5. The van der Waals surface area contributed by atoms with Crippen LogP contribution in [0.3, 0.4) is 0 Å². The molecular weight excluding hydrogens is 488 g/mol. The van der Waals surface area contributed by atoms with Gasteiger partial charge in [0.05, 0.1) is 11.8 Å². The van der Waals surface area contributed by atoms with Gasteiger partial charge in [-0.15, -0.1) is 0 Å². The van der Waals surface area contributed by atoms with Gasteiger partial charge in [0.25, 0.3) is 0 Å². The average Bonchev–Trinajstić information content (AvgIpc) is 2.87. The molecule has 0 heterocycles. The number of rotatable bonds is 8. The summed E-state index contributed by atoms with van der Waals surface area (Å²) < 4.78 is 11.4. The topological polar surface area (TPSA) is 77.0 Å². The van der Waals surface area contributed by atoms with Crippen LogP contribution in [0, 0.1) is 0 Å². The minimum Gasteiger partial charge on any atom is -0.458 e. The Kier molecular flexibility index (Phi) is 9.83. The lowest BCUT2D eigenvalue weighted by Gasteiger charge is -2.28. The molecule has 3 aromatic carbocycles. The predicted octanol–water partition coefficient (Wildman–Crippen LogP) is 6.84. The number of carbonyl (C=O) groups excluding carboxylic acids is 2. The third-order valence-corrected chi connectivity index (χ3v) is 5.33. The van der Waals surface area contributed by atoms with Gasteiger partial charge in [0.15, 0.2) is 6.04 Å². The largest absolute Gasteiger partial charge is 0.458 e. The Balaban J connectivity index is 2.16. The number of aliphatic imine (C=N–C) groups is 1. The molecule has 0 unspecified atom stereocenters. The van der Waals surface area contributed by atoms with Gasteiger partial charge in [-0.2, -0.15) is 0 Å². The lowest BCUT2D eigenvalue weighted by molar-refractivity contribution is -0.156. The zero-order valence-electron chi connectivity index (χ0n) is 23.5. The average molecular weight is 527 g/mol. The van der Waals surface area contributed by atoms with Crippen LogP contribution < -0.4 is 5.32 Å². The number of ether oxygens (including phenoxy) is 2. The molecule has 0 aliphatic heterocycles. The Morgan fingerprint density at radius 3 is 1.64 bits per heavy atom. The molecule has 0 bridgehead atoms. The van der Waals surface area contributed by atoms with Crippen molar-refractivity contribution in [2.75, 3.05) is 0 Å². The van der Waals surface area contributed by atoms with Gasteiger partial charge in [-0.05, 0) is 47.1 Å². The highest BCUT2D eigenvalue weighted by molar-refractivity contribution is 6.13. The van der Waals surface area contributed by atoms with Gasteiger partial charge in [-0.3, -0.25) is 4.99 Å². The summed E-state index contributed by atoms with van der Waals surface area (Å²) in [6.07, 6.45) is 2.94. The summed E-state index contributed by atoms with van der Waals surface area (Å²) in [5, 5.41) is 2.86. The smallest absolute Gasteiger partial charge is 0.408 e. The second-order valence-electron chi connectivity index (χ2n) is 11.1. The first-order chi connectivity index (χ1) is 18.4. The van der Waals surface area contributed by atoms with Gasteiger partial charge >= 0.3 is 12.1 Å². The minimum absolute atomic E-state index is 0.564. The van der Waals surface area contributed by atoms with Gasteiger partial charge in [0.2, 0.25) is 0 Å². The first kappa shape index (κ1) is 29.4. The quantitative estimate of drug-likeness (QED) is 0.257. The molecule has 0 fully saturated rings. The molecule has 6 nitrogen and oxygen atoms in total. The lowest BCUT2D eigenvalue weighted by Crippen LogP contribution is -2.48. The standard InChI is InChI=1S/C33H38N2O4/c1-32(2,3)38-30(36)29(35-28(25-18-12-8-13-19-25)26-20-14-9-15-21-26)27(34-31(37)39-33(4,5)6)23-22-24-16-10-7-11-17-24/h7-23,27,29H,1-6H3,(H,34,37)/t27-,29+/m1/s1. The predicted molar refractivity (Wildman–Crippen MR) is 157 cm³/mol. The Labute approximate surface area is 231 Å². The summed E-state index contributed by atoms with van der Waals surface area (Å²) in [4.78, 5) is 31.7. The zero-order chi connectivity index (χ0) is 28.5. The van der Waals surface area contributed by atoms with Crippen molar-refractivity contribution in [1.29, 1.82) is 0 Å². The van der Waals surface area contributed by atoms with Gasteiger partial charge in [-0.25, -0.2) is 9.59 Å². The molecule has 0 aliphatic carbocycles.